The summed E-state index contributed by atoms with van der Waals surface area (Å²) in [5, 5.41) is 6.96. The maximum atomic E-state index is 11.9. The molecule has 1 amide bonds. The lowest BCUT2D eigenvalue weighted by molar-refractivity contribution is 0.0827. The van der Waals surface area contributed by atoms with Crippen LogP contribution in [0.1, 0.15) is 22.8 Å². The Bertz CT molecular complexity index is 757. The van der Waals surface area contributed by atoms with Crippen molar-refractivity contribution in [2.24, 2.45) is 0 Å². The van der Waals surface area contributed by atoms with Crippen molar-refractivity contribution < 1.29 is 4.79 Å². The van der Waals surface area contributed by atoms with E-state index in [2.05, 4.69) is 53.6 Å². The number of nitrogens with zero attached hydrogens (tertiary/aromatic N) is 2. The second kappa shape index (κ2) is 9.92. The highest BCUT2D eigenvalue weighted by atomic mass is 32.1. The number of thiocarbonyl (C=S) groups is 1. The molecule has 0 bridgehead atoms. The number of carbonyl (C=O) groups excluding carboxylic acids is 1. The van der Waals surface area contributed by atoms with Gasteiger partial charge in [-0.3, -0.25) is 4.79 Å². The standard InChI is InChI=1S/C21H28N4OS/c1-5-25(19-12-6-16(2)7-13-19)15-14-22-21(27)23-18-10-8-17(9-11-18)20(26)24(3)4/h6-13H,5,14-15H2,1-4H3,(H2,22,23,27). The van der Waals surface area contributed by atoms with Crippen LogP contribution < -0.4 is 15.5 Å². The average molecular weight is 385 g/mol. The average Bonchev–Trinajstić information content (AvgIpc) is 2.66. The molecule has 2 N–H and O–H groups in total. The molecule has 6 heteroatoms. The highest BCUT2D eigenvalue weighted by molar-refractivity contribution is 7.80. The summed E-state index contributed by atoms with van der Waals surface area (Å²) in [6, 6.07) is 15.8. The molecule has 144 valence electrons. The number of nitrogens with one attached hydrogen (secondary N) is 2. The fraction of sp³-hybridized carbons (Fsp3) is 0.333. The zero-order valence-electron chi connectivity index (χ0n) is 16.5. The van der Waals surface area contributed by atoms with E-state index in [1.165, 1.54) is 11.3 Å². The fourth-order valence-corrected chi connectivity index (χ4v) is 2.88. The van der Waals surface area contributed by atoms with E-state index in [9.17, 15) is 4.79 Å². The summed E-state index contributed by atoms with van der Waals surface area (Å²) in [7, 11) is 3.48. The molecular formula is C21H28N4OS. The van der Waals surface area contributed by atoms with Gasteiger partial charge < -0.3 is 20.4 Å². The normalized spacial score (nSPS) is 10.2. The van der Waals surface area contributed by atoms with Crippen LogP contribution in [0.2, 0.25) is 0 Å². The molecular weight excluding hydrogens is 356 g/mol. The monoisotopic (exact) mass is 384 g/mol. The number of hydrogen-bond donors (Lipinski definition) is 2. The van der Waals surface area contributed by atoms with Crippen LogP contribution in [-0.2, 0) is 0 Å². The van der Waals surface area contributed by atoms with E-state index < -0.39 is 0 Å². The van der Waals surface area contributed by atoms with Crippen LogP contribution in [0.15, 0.2) is 48.5 Å². The molecule has 2 rings (SSSR count). The Balaban J connectivity index is 1.81. The number of benzene rings is 2. The van der Waals surface area contributed by atoms with Crippen LogP contribution in [-0.4, -0.2) is 49.6 Å². The smallest absolute Gasteiger partial charge is 0.253 e. The third-order valence-electron chi connectivity index (χ3n) is 4.24. The SMILES string of the molecule is CCN(CCNC(=S)Nc1ccc(C(=O)N(C)C)cc1)c1ccc(C)cc1. The number of likely N-dealkylation sites (N-methyl/N-ethyl adjacent to an activating group) is 1. The number of hydrogen-bond acceptors (Lipinski definition) is 3. The second-order valence-corrected chi connectivity index (χ2v) is 6.98. The first-order chi connectivity index (χ1) is 12.9. The van der Waals surface area contributed by atoms with Crippen LogP contribution in [0, 0.1) is 6.92 Å². The Kier molecular flexibility index (Phi) is 7.61. The van der Waals surface area contributed by atoms with Gasteiger partial charge in [0.25, 0.3) is 5.91 Å². The third-order valence-corrected chi connectivity index (χ3v) is 4.49. The number of carbonyl (C=O) groups is 1. The molecule has 0 aromatic heterocycles. The summed E-state index contributed by atoms with van der Waals surface area (Å²) in [5.74, 6) is -0.0157. The van der Waals surface area contributed by atoms with E-state index in [-0.39, 0.29) is 5.91 Å². The van der Waals surface area contributed by atoms with E-state index in [0.29, 0.717) is 10.7 Å². The highest BCUT2D eigenvalue weighted by Gasteiger charge is 2.08. The van der Waals surface area contributed by atoms with E-state index in [0.717, 1.165) is 25.3 Å². The molecule has 0 atom stereocenters. The van der Waals surface area contributed by atoms with Gasteiger partial charge in [-0.2, -0.15) is 0 Å². The van der Waals surface area contributed by atoms with E-state index in [1.54, 1.807) is 31.1 Å². The fourth-order valence-electron chi connectivity index (χ4n) is 2.66. The maximum absolute atomic E-state index is 11.9. The largest absolute Gasteiger partial charge is 0.370 e. The Labute approximate surface area is 167 Å². The molecule has 0 fully saturated rings. The molecule has 2 aromatic carbocycles. The topological polar surface area (TPSA) is 47.6 Å². The molecule has 0 aliphatic carbocycles. The zero-order chi connectivity index (χ0) is 19.8. The van der Waals surface area contributed by atoms with E-state index in [1.807, 2.05) is 12.1 Å². The van der Waals surface area contributed by atoms with E-state index >= 15 is 0 Å². The lowest BCUT2D eigenvalue weighted by atomic mass is 10.2. The van der Waals surface area contributed by atoms with Crippen LogP contribution in [0.5, 0.6) is 0 Å². The predicted molar refractivity (Wildman–Crippen MR) is 118 cm³/mol. The maximum Gasteiger partial charge on any atom is 0.253 e. The number of aryl methyl sites for hydroxylation is 1. The van der Waals surface area contributed by atoms with Crippen LogP contribution >= 0.6 is 12.2 Å². The van der Waals surface area contributed by atoms with Crippen molar-refractivity contribution in [1.29, 1.82) is 0 Å². The van der Waals surface area contributed by atoms with Crippen LogP contribution in [0.3, 0.4) is 0 Å². The van der Waals surface area contributed by atoms with Crippen molar-refractivity contribution in [2.45, 2.75) is 13.8 Å². The van der Waals surface area contributed by atoms with Gasteiger partial charge in [0.15, 0.2) is 5.11 Å². The summed E-state index contributed by atoms with van der Waals surface area (Å²) in [4.78, 5) is 15.8. The molecule has 0 saturated heterocycles. The van der Waals surface area contributed by atoms with Gasteiger partial charge in [-0.25, -0.2) is 0 Å². The summed E-state index contributed by atoms with van der Waals surface area (Å²) in [6.45, 7) is 6.77. The van der Waals surface area contributed by atoms with Crippen molar-refractivity contribution in [3.8, 4) is 0 Å². The molecule has 2 aromatic rings. The van der Waals surface area contributed by atoms with Gasteiger partial charge >= 0.3 is 0 Å². The zero-order valence-corrected chi connectivity index (χ0v) is 17.3. The van der Waals surface area contributed by atoms with Gasteiger partial charge in [0.1, 0.15) is 0 Å². The van der Waals surface area contributed by atoms with Gasteiger partial charge in [0.05, 0.1) is 0 Å². The van der Waals surface area contributed by atoms with Gasteiger partial charge in [-0.1, -0.05) is 17.7 Å². The van der Waals surface area contributed by atoms with Crippen molar-refractivity contribution in [3.63, 3.8) is 0 Å². The number of anilines is 2. The highest BCUT2D eigenvalue weighted by Crippen LogP contribution is 2.14. The van der Waals surface area contributed by atoms with Crippen LogP contribution in [0.4, 0.5) is 11.4 Å². The summed E-state index contributed by atoms with van der Waals surface area (Å²) >= 11 is 5.37. The predicted octanol–water partition coefficient (Wildman–Crippen LogP) is 3.51. The molecule has 0 aliphatic heterocycles. The van der Waals surface area contributed by atoms with Crippen molar-refractivity contribution >= 4 is 34.6 Å². The summed E-state index contributed by atoms with van der Waals surface area (Å²) in [5.41, 5.74) is 3.98. The number of amides is 1. The first-order valence-electron chi connectivity index (χ1n) is 9.09. The van der Waals surface area contributed by atoms with Gasteiger partial charge in [0, 0.05) is 50.7 Å². The quantitative estimate of drug-likeness (QED) is 0.716. The Morgan fingerprint density at radius 3 is 2.22 bits per heavy atom. The first-order valence-corrected chi connectivity index (χ1v) is 9.49. The molecule has 27 heavy (non-hydrogen) atoms. The molecule has 0 spiro atoms. The lowest BCUT2D eigenvalue weighted by Gasteiger charge is -2.24. The van der Waals surface area contributed by atoms with Gasteiger partial charge in [-0.15, -0.1) is 0 Å². The molecule has 0 unspecified atom stereocenters. The lowest BCUT2D eigenvalue weighted by Crippen LogP contribution is -2.36. The molecule has 0 radical (unpaired) electrons. The second-order valence-electron chi connectivity index (χ2n) is 6.57. The minimum Gasteiger partial charge on any atom is -0.370 e. The van der Waals surface area contributed by atoms with Gasteiger partial charge in [-0.05, 0) is 62.5 Å². The van der Waals surface area contributed by atoms with Gasteiger partial charge in [0.2, 0.25) is 0 Å². The Hall–Kier alpha value is -2.60. The molecule has 0 aliphatic rings. The minimum atomic E-state index is -0.0157. The summed E-state index contributed by atoms with van der Waals surface area (Å²) in [6.07, 6.45) is 0. The van der Waals surface area contributed by atoms with Crippen molar-refractivity contribution in [2.75, 3.05) is 43.9 Å². The number of rotatable bonds is 7. The van der Waals surface area contributed by atoms with Crippen molar-refractivity contribution in [1.82, 2.24) is 10.2 Å². The Morgan fingerprint density at radius 1 is 1.04 bits per heavy atom. The Morgan fingerprint density at radius 2 is 1.67 bits per heavy atom. The molecule has 0 heterocycles. The van der Waals surface area contributed by atoms with E-state index in [4.69, 9.17) is 12.2 Å². The summed E-state index contributed by atoms with van der Waals surface area (Å²) < 4.78 is 0. The van der Waals surface area contributed by atoms with Crippen molar-refractivity contribution in [3.05, 3.63) is 59.7 Å². The third kappa shape index (κ3) is 6.25. The van der Waals surface area contributed by atoms with Crippen LogP contribution in [0.25, 0.3) is 0 Å². The molecule has 0 saturated carbocycles. The minimum absolute atomic E-state index is 0.0157. The molecule has 5 nitrogen and oxygen atoms in total. The first kappa shape index (κ1) is 20.7.